The lowest BCUT2D eigenvalue weighted by molar-refractivity contribution is -0.121. The van der Waals surface area contributed by atoms with Crippen LogP contribution in [0.25, 0.3) is 20.7 Å². The molecular formula is C29H23BrN4O4S. The van der Waals surface area contributed by atoms with Crippen LogP contribution in [0.2, 0.25) is 0 Å². The van der Waals surface area contributed by atoms with Gasteiger partial charge in [0.1, 0.15) is 18.0 Å². The minimum Gasteiger partial charge on any atom is -0.493 e. The standard InChI is InChI=1S/C29H23BrN4O4S/c1-37-25-13-20(9-12-24(25)38-17-19-7-10-22(30)11-8-19)15-32-33-27(35)16-34-18-31-28-23(29(34)36)14-26(39-28)21-5-3-2-4-6-21/h2-15,18H,16-17H2,1H3,(H,33,35). The summed E-state index contributed by atoms with van der Waals surface area (Å²) < 4.78 is 13.6. The molecule has 0 aliphatic rings. The van der Waals surface area contributed by atoms with E-state index in [0.29, 0.717) is 33.9 Å². The van der Waals surface area contributed by atoms with Gasteiger partial charge in [0, 0.05) is 9.35 Å². The number of carbonyl (C=O) groups is 1. The Labute approximate surface area is 236 Å². The molecule has 8 nitrogen and oxygen atoms in total. The fourth-order valence-corrected chi connectivity index (χ4v) is 5.07. The SMILES string of the molecule is COc1cc(C=NNC(=O)Cn2cnc3sc(-c4ccccc4)cc3c2=O)ccc1OCc1ccc(Br)cc1. The lowest BCUT2D eigenvalue weighted by Crippen LogP contribution is -2.29. The van der Waals surface area contributed by atoms with Gasteiger partial charge in [0.15, 0.2) is 11.5 Å². The molecule has 1 amide bonds. The minimum atomic E-state index is -0.450. The van der Waals surface area contributed by atoms with Crippen molar-refractivity contribution in [1.82, 2.24) is 15.0 Å². The number of amides is 1. The highest BCUT2D eigenvalue weighted by Gasteiger charge is 2.12. The molecule has 196 valence electrons. The van der Waals surface area contributed by atoms with Crippen molar-refractivity contribution in [3.63, 3.8) is 0 Å². The van der Waals surface area contributed by atoms with E-state index in [0.717, 1.165) is 20.5 Å². The molecule has 10 heteroatoms. The Balaban J connectivity index is 1.21. The number of hydrogen-bond acceptors (Lipinski definition) is 7. The average Bonchev–Trinajstić information content (AvgIpc) is 3.40. The number of hydrazone groups is 1. The number of fused-ring (bicyclic) bond motifs is 1. The zero-order valence-corrected chi connectivity index (χ0v) is 23.2. The summed E-state index contributed by atoms with van der Waals surface area (Å²) >= 11 is 4.86. The summed E-state index contributed by atoms with van der Waals surface area (Å²) in [6.07, 6.45) is 2.88. The topological polar surface area (TPSA) is 94.8 Å². The molecule has 1 N–H and O–H groups in total. The maximum Gasteiger partial charge on any atom is 0.262 e. The third-order valence-electron chi connectivity index (χ3n) is 5.79. The molecule has 0 aliphatic heterocycles. The Morgan fingerprint density at radius 1 is 1.08 bits per heavy atom. The van der Waals surface area contributed by atoms with Gasteiger partial charge < -0.3 is 9.47 Å². The number of nitrogens with zero attached hydrogens (tertiary/aromatic N) is 3. The quantitative estimate of drug-likeness (QED) is 0.174. The van der Waals surface area contributed by atoms with Crippen molar-refractivity contribution >= 4 is 49.6 Å². The van der Waals surface area contributed by atoms with Gasteiger partial charge in [0.25, 0.3) is 11.5 Å². The van der Waals surface area contributed by atoms with E-state index in [1.165, 1.54) is 28.4 Å². The van der Waals surface area contributed by atoms with E-state index in [1.807, 2.05) is 60.7 Å². The van der Waals surface area contributed by atoms with E-state index in [1.54, 1.807) is 25.3 Å². The summed E-state index contributed by atoms with van der Waals surface area (Å²) in [5.41, 5.74) is 4.92. The van der Waals surface area contributed by atoms with Gasteiger partial charge in [0.2, 0.25) is 0 Å². The first-order chi connectivity index (χ1) is 19.0. The van der Waals surface area contributed by atoms with Crippen LogP contribution in [0.4, 0.5) is 0 Å². The smallest absolute Gasteiger partial charge is 0.262 e. The van der Waals surface area contributed by atoms with Crippen LogP contribution in [-0.2, 0) is 17.9 Å². The lowest BCUT2D eigenvalue weighted by Gasteiger charge is -2.11. The summed E-state index contributed by atoms with van der Waals surface area (Å²) in [5, 5.41) is 4.50. The van der Waals surface area contributed by atoms with Gasteiger partial charge in [-0.15, -0.1) is 11.3 Å². The van der Waals surface area contributed by atoms with Crippen molar-refractivity contribution in [2.75, 3.05) is 7.11 Å². The van der Waals surface area contributed by atoms with Crippen LogP contribution < -0.4 is 20.5 Å². The second kappa shape index (κ2) is 12.1. The van der Waals surface area contributed by atoms with Gasteiger partial charge in [0.05, 0.1) is 25.0 Å². The molecular weight excluding hydrogens is 580 g/mol. The number of hydrogen-bond donors (Lipinski definition) is 1. The Kier molecular flexibility index (Phi) is 8.14. The third kappa shape index (κ3) is 6.42. The molecule has 5 rings (SSSR count). The van der Waals surface area contributed by atoms with E-state index < -0.39 is 5.91 Å². The molecule has 5 aromatic rings. The number of methoxy groups -OCH3 is 1. The van der Waals surface area contributed by atoms with E-state index in [4.69, 9.17) is 9.47 Å². The molecule has 2 heterocycles. The molecule has 0 spiro atoms. The fourth-order valence-electron chi connectivity index (χ4n) is 3.81. The number of rotatable bonds is 9. The molecule has 39 heavy (non-hydrogen) atoms. The molecule has 0 bridgehead atoms. The van der Waals surface area contributed by atoms with Crippen LogP contribution in [0, 0.1) is 0 Å². The Morgan fingerprint density at radius 2 is 1.87 bits per heavy atom. The van der Waals surface area contributed by atoms with Crippen molar-refractivity contribution in [3.05, 3.63) is 111 Å². The van der Waals surface area contributed by atoms with Gasteiger partial charge in [-0.05, 0) is 53.1 Å². The number of carbonyl (C=O) groups excluding carboxylic acids is 1. The van der Waals surface area contributed by atoms with Crippen molar-refractivity contribution in [2.24, 2.45) is 5.10 Å². The number of benzene rings is 3. The van der Waals surface area contributed by atoms with Gasteiger partial charge in [-0.1, -0.05) is 58.4 Å². The van der Waals surface area contributed by atoms with Gasteiger partial charge in [-0.25, -0.2) is 10.4 Å². The average molecular weight is 603 g/mol. The van der Waals surface area contributed by atoms with Crippen molar-refractivity contribution < 1.29 is 14.3 Å². The largest absolute Gasteiger partial charge is 0.493 e. The molecule has 3 aromatic carbocycles. The Morgan fingerprint density at radius 3 is 2.64 bits per heavy atom. The Hall–Kier alpha value is -4.28. The molecule has 0 atom stereocenters. The van der Waals surface area contributed by atoms with Crippen molar-refractivity contribution in [1.29, 1.82) is 0 Å². The van der Waals surface area contributed by atoms with Gasteiger partial charge in [-0.3, -0.25) is 14.2 Å². The summed E-state index contributed by atoms with van der Waals surface area (Å²) in [5.74, 6) is 0.682. The minimum absolute atomic E-state index is 0.207. The van der Waals surface area contributed by atoms with Crippen LogP contribution >= 0.6 is 27.3 Å². The van der Waals surface area contributed by atoms with E-state index in [-0.39, 0.29) is 12.1 Å². The number of halogens is 1. The van der Waals surface area contributed by atoms with E-state index in [2.05, 4.69) is 31.4 Å². The third-order valence-corrected chi connectivity index (χ3v) is 7.41. The first kappa shape index (κ1) is 26.3. The molecule has 0 radical (unpaired) electrons. The summed E-state index contributed by atoms with van der Waals surface area (Å²) in [7, 11) is 1.56. The zero-order valence-electron chi connectivity index (χ0n) is 20.8. The monoisotopic (exact) mass is 602 g/mol. The van der Waals surface area contributed by atoms with E-state index >= 15 is 0 Å². The molecule has 0 saturated heterocycles. The van der Waals surface area contributed by atoms with Crippen LogP contribution in [0.15, 0.2) is 99.6 Å². The van der Waals surface area contributed by atoms with Crippen LogP contribution in [0.5, 0.6) is 11.5 Å². The van der Waals surface area contributed by atoms with Gasteiger partial charge in [-0.2, -0.15) is 5.10 Å². The number of nitrogens with one attached hydrogen (secondary N) is 1. The summed E-state index contributed by atoms with van der Waals surface area (Å²) in [6, 6.07) is 24.8. The fraction of sp³-hybridized carbons (Fsp3) is 0.103. The van der Waals surface area contributed by atoms with E-state index in [9.17, 15) is 9.59 Å². The maximum atomic E-state index is 12.9. The molecule has 2 aromatic heterocycles. The number of thiophene rings is 1. The lowest BCUT2D eigenvalue weighted by atomic mass is 10.2. The molecule has 0 saturated carbocycles. The highest BCUT2D eigenvalue weighted by Crippen LogP contribution is 2.31. The first-order valence-electron chi connectivity index (χ1n) is 11.9. The molecule has 0 aliphatic carbocycles. The maximum absolute atomic E-state index is 12.9. The van der Waals surface area contributed by atoms with Gasteiger partial charge >= 0.3 is 0 Å². The summed E-state index contributed by atoms with van der Waals surface area (Å²) in [4.78, 5) is 31.4. The first-order valence-corrected chi connectivity index (χ1v) is 13.5. The van der Waals surface area contributed by atoms with Crippen LogP contribution in [-0.4, -0.2) is 28.8 Å². The Bertz CT molecular complexity index is 1700. The predicted molar refractivity (Wildman–Crippen MR) is 157 cm³/mol. The second-order valence-corrected chi connectivity index (χ2v) is 10.4. The molecule has 0 fully saturated rings. The predicted octanol–water partition coefficient (Wildman–Crippen LogP) is 5.63. The van der Waals surface area contributed by atoms with Crippen molar-refractivity contribution in [3.8, 4) is 21.9 Å². The van der Waals surface area contributed by atoms with Crippen LogP contribution in [0.1, 0.15) is 11.1 Å². The second-order valence-electron chi connectivity index (χ2n) is 8.49. The molecule has 0 unspecified atom stereocenters. The number of ether oxygens (including phenoxy) is 2. The zero-order chi connectivity index (χ0) is 27.2. The van der Waals surface area contributed by atoms with Crippen molar-refractivity contribution in [2.45, 2.75) is 13.2 Å². The highest BCUT2D eigenvalue weighted by molar-refractivity contribution is 9.10. The normalized spacial score (nSPS) is 11.1. The number of aromatic nitrogens is 2. The highest BCUT2D eigenvalue weighted by atomic mass is 79.9. The summed E-state index contributed by atoms with van der Waals surface area (Å²) in [6.45, 7) is 0.188. The van der Waals surface area contributed by atoms with Crippen LogP contribution in [0.3, 0.4) is 0 Å².